The van der Waals surface area contributed by atoms with Gasteiger partial charge in [0.25, 0.3) is 0 Å². The van der Waals surface area contributed by atoms with Crippen LogP contribution in [0.5, 0.6) is 11.5 Å². The van der Waals surface area contributed by atoms with E-state index in [9.17, 15) is 19.2 Å². The number of fused-ring (bicyclic) bond motifs is 2. The summed E-state index contributed by atoms with van der Waals surface area (Å²) < 4.78 is 23.3. The molecule has 288 valence electrons. The molecule has 0 aliphatic heterocycles. The highest BCUT2D eigenvalue weighted by Gasteiger charge is 2.35. The topological polar surface area (TPSA) is 105 Å². The largest absolute Gasteiger partial charge is 0.483 e. The summed E-state index contributed by atoms with van der Waals surface area (Å²) >= 11 is 0. The van der Waals surface area contributed by atoms with Gasteiger partial charge in [0.2, 0.25) is 0 Å². The van der Waals surface area contributed by atoms with Crippen molar-refractivity contribution in [2.24, 2.45) is 5.41 Å². The Labute approximate surface area is 312 Å². The Balaban J connectivity index is 1.37. The van der Waals surface area contributed by atoms with Crippen LogP contribution < -0.4 is 9.47 Å². The third-order valence-corrected chi connectivity index (χ3v) is 11.2. The van der Waals surface area contributed by atoms with Crippen LogP contribution in [0.1, 0.15) is 177 Å². The summed E-state index contributed by atoms with van der Waals surface area (Å²) in [7, 11) is 0. The van der Waals surface area contributed by atoms with Crippen molar-refractivity contribution in [3.05, 3.63) is 58.7 Å². The number of Topliss-reactive ketones (excluding diaryl/α,β-unsaturated/α-hetero) is 1. The van der Waals surface area contributed by atoms with Crippen molar-refractivity contribution in [3.63, 3.8) is 0 Å². The van der Waals surface area contributed by atoms with Gasteiger partial charge in [-0.25, -0.2) is 4.79 Å². The van der Waals surface area contributed by atoms with E-state index in [1.54, 1.807) is 38.1 Å². The summed E-state index contributed by atoms with van der Waals surface area (Å²) in [5.41, 5.74) is 0.489. The average molecular weight is 721 g/mol. The maximum Gasteiger partial charge on any atom is 0.347 e. The van der Waals surface area contributed by atoms with Gasteiger partial charge in [0.05, 0.1) is 12.2 Å². The molecular formula is C44H64O8. The Hall–Kier alpha value is -3.52. The fourth-order valence-corrected chi connectivity index (χ4v) is 6.54. The van der Waals surface area contributed by atoms with Crippen LogP contribution in [0.4, 0.5) is 0 Å². The molecule has 0 fully saturated rings. The van der Waals surface area contributed by atoms with Gasteiger partial charge in [0.15, 0.2) is 29.6 Å². The Bertz CT molecular complexity index is 1490. The second kappa shape index (κ2) is 20.6. The number of rotatable bonds is 25. The number of ketones is 3. The molecule has 0 saturated carbocycles. The van der Waals surface area contributed by atoms with Crippen molar-refractivity contribution >= 4 is 23.3 Å². The van der Waals surface area contributed by atoms with Crippen LogP contribution in [0.15, 0.2) is 36.4 Å². The van der Waals surface area contributed by atoms with E-state index in [0.717, 1.165) is 45.1 Å². The number of benzene rings is 2. The monoisotopic (exact) mass is 720 g/mol. The second-order valence-electron chi connectivity index (χ2n) is 14.9. The molecule has 0 N–H and O–H groups in total. The Kier molecular flexibility index (Phi) is 17.0. The molecule has 0 spiro atoms. The summed E-state index contributed by atoms with van der Waals surface area (Å²) in [5, 5.41) is 0. The summed E-state index contributed by atoms with van der Waals surface area (Å²) in [6.07, 6.45) is 13.5. The van der Waals surface area contributed by atoms with Crippen molar-refractivity contribution in [2.45, 2.75) is 163 Å². The maximum absolute atomic E-state index is 13.5. The average Bonchev–Trinajstić information content (AvgIpc) is 3.16. The molecule has 0 amide bonds. The minimum atomic E-state index is -0.874. The normalized spacial score (nSPS) is 14.0. The number of hydrogen-bond donors (Lipinski definition) is 0. The lowest BCUT2D eigenvalue weighted by Crippen LogP contribution is -2.37. The zero-order valence-corrected chi connectivity index (χ0v) is 33.2. The summed E-state index contributed by atoms with van der Waals surface area (Å²) in [5.74, 6) is -0.444. The highest BCUT2D eigenvalue weighted by molar-refractivity contribution is 6.28. The van der Waals surface area contributed by atoms with E-state index in [1.165, 1.54) is 50.7 Å². The molecule has 8 nitrogen and oxygen atoms in total. The fraction of sp³-hybridized carbons (Fsp3) is 0.636. The highest BCUT2D eigenvalue weighted by atomic mass is 16.6. The zero-order valence-electron chi connectivity index (χ0n) is 33.2. The van der Waals surface area contributed by atoms with Crippen LogP contribution >= 0.6 is 0 Å². The summed E-state index contributed by atoms with van der Waals surface area (Å²) in [6, 6.07) is 9.35. The summed E-state index contributed by atoms with van der Waals surface area (Å²) in [4.78, 5) is 52.6. The van der Waals surface area contributed by atoms with Gasteiger partial charge in [-0.3, -0.25) is 14.4 Å². The van der Waals surface area contributed by atoms with Gasteiger partial charge in [-0.1, -0.05) is 86.0 Å². The van der Waals surface area contributed by atoms with Crippen molar-refractivity contribution < 1.29 is 38.1 Å². The SMILES string of the molecule is CCC(C)(CC)OCCCCCCCCCCCCOC(=O)C(C)Oc1ccc2c(c1)C(=O)c1ccc(OC(C)C(=O)C(C)(CC)CC)cc1C2=O. The molecule has 0 saturated heterocycles. The molecule has 3 rings (SSSR count). The molecule has 1 aliphatic rings. The second-order valence-corrected chi connectivity index (χ2v) is 14.9. The fourth-order valence-electron chi connectivity index (χ4n) is 6.54. The van der Waals surface area contributed by atoms with Crippen molar-refractivity contribution in [2.75, 3.05) is 13.2 Å². The third kappa shape index (κ3) is 11.7. The molecule has 2 aromatic rings. The lowest BCUT2D eigenvalue weighted by atomic mass is 9.78. The van der Waals surface area contributed by atoms with Gasteiger partial charge in [0.1, 0.15) is 11.5 Å². The molecule has 2 unspecified atom stereocenters. The third-order valence-electron chi connectivity index (χ3n) is 11.2. The minimum Gasteiger partial charge on any atom is -0.483 e. The number of esters is 1. The van der Waals surface area contributed by atoms with Crippen LogP contribution in [0.3, 0.4) is 0 Å². The van der Waals surface area contributed by atoms with E-state index in [1.807, 2.05) is 20.8 Å². The van der Waals surface area contributed by atoms with E-state index in [4.69, 9.17) is 18.9 Å². The molecule has 0 aromatic heterocycles. The quantitative estimate of drug-likeness (QED) is 0.0629. The Morgan fingerprint density at radius 1 is 0.577 bits per heavy atom. The Morgan fingerprint density at radius 3 is 1.44 bits per heavy atom. The Morgan fingerprint density at radius 2 is 1.00 bits per heavy atom. The van der Waals surface area contributed by atoms with Gasteiger partial charge in [-0.2, -0.15) is 0 Å². The van der Waals surface area contributed by atoms with Crippen molar-refractivity contribution in [1.29, 1.82) is 0 Å². The van der Waals surface area contributed by atoms with Crippen LogP contribution in [0.25, 0.3) is 0 Å². The van der Waals surface area contributed by atoms with Gasteiger partial charge < -0.3 is 18.9 Å². The molecule has 0 heterocycles. The smallest absolute Gasteiger partial charge is 0.347 e. The van der Waals surface area contributed by atoms with E-state index >= 15 is 0 Å². The first-order valence-electron chi connectivity index (χ1n) is 19.9. The number of hydrogen-bond acceptors (Lipinski definition) is 8. The van der Waals surface area contributed by atoms with Gasteiger partial charge in [0, 0.05) is 34.3 Å². The van der Waals surface area contributed by atoms with Crippen LogP contribution in [-0.2, 0) is 19.1 Å². The standard InChI is InChI=1S/C44H64O8/c1-9-43(7,10-2)41(47)31(5)51-33-23-25-35-37(29-33)39(45)36-26-24-34(30-38(36)40(35)46)52-32(6)42(48)49-27-21-19-17-15-13-14-16-18-20-22-28-50-44(8,11-3)12-4/h23-26,29-32H,9-22,27-28H2,1-8H3. The number of ether oxygens (including phenoxy) is 4. The summed E-state index contributed by atoms with van der Waals surface area (Å²) in [6.45, 7) is 17.0. The minimum absolute atomic E-state index is 0.000382. The van der Waals surface area contributed by atoms with E-state index in [-0.39, 0.29) is 45.2 Å². The van der Waals surface area contributed by atoms with Gasteiger partial charge >= 0.3 is 5.97 Å². The lowest BCUT2D eigenvalue weighted by Gasteiger charge is -2.28. The zero-order chi connectivity index (χ0) is 38.3. The van der Waals surface area contributed by atoms with Crippen LogP contribution in [0.2, 0.25) is 0 Å². The first-order chi connectivity index (χ1) is 24.8. The predicted molar refractivity (Wildman–Crippen MR) is 206 cm³/mol. The van der Waals surface area contributed by atoms with E-state index in [2.05, 4.69) is 20.8 Å². The number of carbonyl (C=O) groups is 4. The molecule has 0 radical (unpaired) electrons. The number of carbonyl (C=O) groups excluding carboxylic acids is 4. The lowest BCUT2D eigenvalue weighted by molar-refractivity contribution is -0.151. The van der Waals surface area contributed by atoms with Crippen molar-refractivity contribution in [3.8, 4) is 11.5 Å². The molecule has 2 aromatic carbocycles. The van der Waals surface area contributed by atoms with Crippen LogP contribution in [-0.4, -0.2) is 54.3 Å². The predicted octanol–water partition coefficient (Wildman–Crippen LogP) is 10.4. The first-order valence-corrected chi connectivity index (χ1v) is 19.9. The highest BCUT2D eigenvalue weighted by Crippen LogP contribution is 2.34. The molecule has 8 heteroatoms. The molecular weight excluding hydrogens is 656 g/mol. The molecule has 2 atom stereocenters. The molecule has 0 bridgehead atoms. The van der Waals surface area contributed by atoms with E-state index < -0.39 is 23.6 Å². The first kappa shape index (κ1) is 42.9. The molecule has 1 aliphatic carbocycles. The van der Waals surface area contributed by atoms with Crippen LogP contribution in [0, 0.1) is 5.41 Å². The van der Waals surface area contributed by atoms with E-state index in [0.29, 0.717) is 30.9 Å². The van der Waals surface area contributed by atoms with Crippen molar-refractivity contribution in [1.82, 2.24) is 0 Å². The van der Waals surface area contributed by atoms with Gasteiger partial charge in [-0.15, -0.1) is 0 Å². The number of unbranched alkanes of at least 4 members (excludes halogenated alkanes) is 9. The molecule has 52 heavy (non-hydrogen) atoms. The maximum atomic E-state index is 13.5. The van der Waals surface area contributed by atoms with Gasteiger partial charge in [-0.05, 0) is 95.7 Å².